The predicted molar refractivity (Wildman–Crippen MR) is 130 cm³/mol. The molecule has 0 radical (unpaired) electrons. The monoisotopic (exact) mass is 472 g/mol. The molecule has 5 rings (SSSR count). The number of furan rings is 1. The summed E-state index contributed by atoms with van der Waals surface area (Å²) >= 11 is 0. The van der Waals surface area contributed by atoms with Crippen LogP contribution in [0.3, 0.4) is 0 Å². The van der Waals surface area contributed by atoms with Crippen molar-refractivity contribution in [2.45, 2.75) is 32.0 Å². The van der Waals surface area contributed by atoms with Crippen LogP contribution in [-0.2, 0) is 17.9 Å². The molecule has 1 atom stereocenters. The van der Waals surface area contributed by atoms with Gasteiger partial charge in [-0.05, 0) is 43.1 Å². The van der Waals surface area contributed by atoms with Crippen LogP contribution in [0.25, 0.3) is 17.4 Å². The SMILES string of the molecule is COCc1c(C(=O)N[C@@H]2CCCN(Cc3ccccc3)C2)cnn1-c1nccc(-c2ccco2)n1. The Kier molecular flexibility index (Phi) is 6.97. The highest BCUT2D eigenvalue weighted by molar-refractivity contribution is 5.95. The van der Waals surface area contributed by atoms with E-state index in [1.165, 1.54) is 5.56 Å². The van der Waals surface area contributed by atoms with E-state index in [2.05, 4.69) is 49.5 Å². The van der Waals surface area contributed by atoms with Crippen molar-refractivity contribution in [1.29, 1.82) is 0 Å². The third-order valence-corrected chi connectivity index (χ3v) is 6.09. The smallest absolute Gasteiger partial charge is 0.255 e. The molecule has 180 valence electrons. The molecule has 0 spiro atoms. The molecule has 1 saturated heterocycles. The molecule has 0 aliphatic carbocycles. The Balaban J connectivity index is 1.32. The number of nitrogens with one attached hydrogen (secondary N) is 1. The molecule has 0 unspecified atom stereocenters. The summed E-state index contributed by atoms with van der Waals surface area (Å²) in [6.45, 7) is 2.91. The van der Waals surface area contributed by atoms with Crippen molar-refractivity contribution in [2.75, 3.05) is 20.2 Å². The van der Waals surface area contributed by atoms with Gasteiger partial charge < -0.3 is 14.5 Å². The topological polar surface area (TPSA) is 98.3 Å². The van der Waals surface area contributed by atoms with Gasteiger partial charge in [-0.25, -0.2) is 9.97 Å². The Bertz CT molecular complexity index is 1260. The fourth-order valence-corrected chi connectivity index (χ4v) is 4.45. The van der Waals surface area contributed by atoms with Gasteiger partial charge in [0.2, 0.25) is 0 Å². The van der Waals surface area contributed by atoms with Crippen molar-refractivity contribution < 1.29 is 13.9 Å². The van der Waals surface area contributed by atoms with Crippen molar-refractivity contribution in [2.24, 2.45) is 0 Å². The van der Waals surface area contributed by atoms with Gasteiger partial charge in [-0.2, -0.15) is 9.78 Å². The van der Waals surface area contributed by atoms with Crippen molar-refractivity contribution in [3.8, 4) is 17.4 Å². The van der Waals surface area contributed by atoms with Crippen LogP contribution in [0.5, 0.6) is 0 Å². The zero-order chi connectivity index (χ0) is 24.0. The fourth-order valence-electron chi connectivity index (χ4n) is 4.45. The zero-order valence-electron chi connectivity index (χ0n) is 19.6. The quantitative estimate of drug-likeness (QED) is 0.419. The summed E-state index contributed by atoms with van der Waals surface area (Å²) in [5, 5.41) is 7.63. The van der Waals surface area contributed by atoms with E-state index in [1.807, 2.05) is 12.1 Å². The summed E-state index contributed by atoms with van der Waals surface area (Å²) in [5.41, 5.74) is 2.96. The Morgan fingerprint density at radius 3 is 2.89 bits per heavy atom. The average molecular weight is 473 g/mol. The highest BCUT2D eigenvalue weighted by atomic mass is 16.5. The summed E-state index contributed by atoms with van der Waals surface area (Å²) in [7, 11) is 1.59. The lowest BCUT2D eigenvalue weighted by Crippen LogP contribution is -2.47. The molecular formula is C26H28N6O3. The standard InChI is InChI=1S/C26H28N6O3/c1-34-18-23-21(15-28-32(23)26-27-12-11-22(30-26)24-10-6-14-35-24)25(33)29-20-9-5-13-31(17-20)16-19-7-3-2-4-8-19/h2-4,6-8,10-12,14-15,20H,5,9,13,16-18H2,1H3,(H,29,33)/t20-/m1/s1. The number of aromatic nitrogens is 4. The molecule has 0 saturated carbocycles. The molecule has 1 aliphatic heterocycles. The third kappa shape index (κ3) is 5.31. The zero-order valence-corrected chi connectivity index (χ0v) is 19.6. The molecule has 35 heavy (non-hydrogen) atoms. The van der Waals surface area contributed by atoms with Crippen molar-refractivity contribution in [3.63, 3.8) is 0 Å². The maximum Gasteiger partial charge on any atom is 0.255 e. The molecule has 1 aromatic carbocycles. The minimum absolute atomic E-state index is 0.0669. The Morgan fingerprint density at radius 2 is 2.09 bits per heavy atom. The second kappa shape index (κ2) is 10.6. The first kappa shape index (κ1) is 22.9. The second-order valence-corrected chi connectivity index (χ2v) is 8.60. The summed E-state index contributed by atoms with van der Waals surface area (Å²) in [4.78, 5) is 24.6. The predicted octanol–water partition coefficient (Wildman–Crippen LogP) is 3.46. The first-order chi connectivity index (χ1) is 17.2. The molecule has 1 fully saturated rings. The highest BCUT2D eigenvalue weighted by Crippen LogP contribution is 2.20. The lowest BCUT2D eigenvalue weighted by Gasteiger charge is -2.33. The molecule has 4 heterocycles. The van der Waals surface area contributed by atoms with Gasteiger partial charge in [0.1, 0.15) is 5.69 Å². The summed E-state index contributed by atoms with van der Waals surface area (Å²) < 4.78 is 12.4. The number of ether oxygens (including phenoxy) is 1. The number of methoxy groups -OCH3 is 1. The number of amides is 1. The lowest BCUT2D eigenvalue weighted by molar-refractivity contribution is 0.0895. The van der Waals surface area contributed by atoms with Crippen LogP contribution >= 0.6 is 0 Å². The van der Waals surface area contributed by atoms with Gasteiger partial charge in [0.25, 0.3) is 11.9 Å². The number of rotatable bonds is 8. The van der Waals surface area contributed by atoms with Crippen LogP contribution in [0.2, 0.25) is 0 Å². The maximum atomic E-state index is 13.3. The molecule has 0 bridgehead atoms. The van der Waals surface area contributed by atoms with Gasteiger partial charge >= 0.3 is 0 Å². The number of likely N-dealkylation sites (tertiary alicyclic amines) is 1. The lowest BCUT2D eigenvalue weighted by atomic mass is 10.0. The number of benzene rings is 1. The molecule has 1 amide bonds. The van der Waals surface area contributed by atoms with E-state index in [0.717, 1.165) is 32.5 Å². The van der Waals surface area contributed by atoms with Crippen LogP contribution in [-0.4, -0.2) is 56.8 Å². The molecule has 1 N–H and O–H groups in total. The summed E-state index contributed by atoms with van der Waals surface area (Å²) in [6, 6.07) is 15.9. The Labute approximate surface area is 203 Å². The molecule has 1 aliphatic rings. The first-order valence-electron chi connectivity index (χ1n) is 11.7. The van der Waals surface area contributed by atoms with E-state index in [0.29, 0.717) is 28.7 Å². The molecular weight excluding hydrogens is 444 g/mol. The minimum Gasteiger partial charge on any atom is -0.463 e. The van der Waals surface area contributed by atoms with Crippen LogP contribution in [0, 0.1) is 0 Å². The molecule has 4 aromatic rings. The number of hydrogen-bond acceptors (Lipinski definition) is 7. The van der Waals surface area contributed by atoms with Gasteiger partial charge in [-0.3, -0.25) is 9.69 Å². The summed E-state index contributed by atoms with van der Waals surface area (Å²) in [5.74, 6) is 0.804. The number of piperidine rings is 1. The second-order valence-electron chi connectivity index (χ2n) is 8.60. The number of carbonyl (C=O) groups is 1. The largest absolute Gasteiger partial charge is 0.463 e. The first-order valence-corrected chi connectivity index (χ1v) is 11.7. The van der Waals surface area contributed by atoms with Gasteiger partial charge in [0.15, 0.2) is 5.76 Å². The van der Waals surface area contributed by atoms with Crippen molar-refractivity contribution in [3.05, 3.63) is 84.0 Å². The van der Waals surface area contributed by atoms with Gasteiger partial charge in [-0.15, -0.1) is 0 Å². The molecule has 9 nitrogen and oxygen atoms in total. The van der Waals surface area contributed by atoms with Gasteiger partial charge in [0.05, 0.1) is 30.3 Å². The van der Waals surface area contributed by atoms with E-state index in [9.17, 15) is 4.79 Å². The van der Waals surface area contributed by atoms with Crippen LogP contribution in [0.4, 0.5) is 0 Å². The van der Waals surface area contributed by atoms with Crippen molar-refractivity contribution in [1.82, 2.24) is 30.0 Å². The minimum atomic E-state index is -0.169. The molecule has 3 aromatic heterocycles. The number of carbonyl (C=O) groups excluding carboxylic acids is 1. The van der Waals surface area contributed by atoms with E-state index < -0.39 is 0 Å². The number of nitrogens with zero attached hydrogens (tertiary/aromatic N) is 5. The van der Waals surface area contributed by atoms with Gasteiger partial charge in [0, 0.05) is 32.4 Å². The highest BCUT2D eigenvalue weighted by Gasteiger charge is 2.25. The normalized spacial score (nSPS) is 16.3. The van der Waals surface area contributed by atoms with Gasteiger partial charge in [-0.1, -0.05) is 30.3 Å². The van der Waals surface area contributed by atoms with Crippen LogP contribution in [0.15, 0.2) is 71.6 Å². The van der Waals surface area contributed by atoms with E-state index in [1.54, 1.807) is 42.6 Å². The van der Waals surface area contributed by atoms with E-state index >= 15 is 0 Å². The van der Waals surface area contributed by atoms with Crippen LogP contribution < -0.4 is 5.32 Å². The van der Waals surface area contributed by atoms with E-state index in [-0.39, 0.29) is 18.6 Å². The van der Waals surface area contributed by atoms with Crippen molar-refractivity contribution >= 4 is 5.91 Å². The Hall–Kier alpha value is -3.82. The number of hydrogen-bond donors (Lipinski definition) is 1. The Morgan fingerprint density at radius 1 is 1.20 bits per heavy atom. The summed E-state index contributed by atoms with van der Waals surface area (Å²) in [6.07, 6.45) is 6.77. The van der Waals surface area contributed by atoms with E-state index in [4.69, 9.17) is 9.15 Å². The fraction of sp³-hybridized carbons (Fsp3) is 0.308. The van der Waals surface area contributed by atoms with Crippen LogP contribution in [0.1, 0.15) is 34.5 Å². The third-order valence-electron chi connectivity index (χ3n) is 6.09. The average Bonchev–Trinajstić information content (AvgIpc) is 3.56. The maximum absolute atomic E-state index is 13.3. The molecule has 9 heteroatoms.